The highest BCUT2D eigenvalue weighted by molar-refractivity contribution is 7.10. The van der Waals surface area contributed by atoms with Crippen molar-refractivity contribution in [3.05, 3.63) is 34.1 Å². The lowest BCUT2D eigenvalue weighted by Gasteiger charge is -2.26. The minimum absolute atomic E-state index is 0.245. The third-order valence-electron chi connectivity index (χ3n) is 4.54. The molecule has 0 unspecified atom stereocenters. The number of likely N-dealkylation sites (tertiary alicyclic amines) is 1. The summed E-state index contributed by atoms with van der Waals surface area (Å²) < 4.78 is 5.04. The van der Waals surface area contributed by atoms with Crippen molar-refractivity contribution in [3.63, 3.8) is 0 Å². The third kappa shape index (κ3) is 4.42. The van der Waals surface area contributed by atoms with Crippen LogP contribution in [0.25, 0.3) is 0 Å². The molecule has 2 aromatic rings. The van der Waals surface area contributed by atoms with E-state index in [4.69, 9.17) is 4.52 Å². The van der Waals surface area contributed by atoms with Crippen molar-refractivity contribution in [1.29, 1.82) is 0 Å². The van der Waals surface area contributed by atoms with E-state index in [0.29, 0.717) is 24.9 Å². The lowest BCUT2D eigenvalue weighted by Crippen LogP contribution is -2.35. The molecule has 1 saturated heterocycles. The highest BCUT2D eigenvalue weighted by Crippen LogP contribution is 2.19. The van der Waals surface area contributed by atoms with Crippen LogP contribution >= 0.6 is 11.3 Å². The summed E-state index contributed by atoms with van der Waals surface area (Å²) in [5.41, 5.74) is 0. The van der Waals surface area contributed by atoms with Gasteiger partial charge in [-0.3, -0.25) is 9.69 Å². The maximum absolute atomic E-state index is 12.5. The van der Waals surface area contributed by atoms with Gasteiger partial charge in [0.15, 0.2) is 5.82 Å². The molecule has 0 radical (unpaired) electrons. The van der Waals surface area contributed by atoms with Crippen LogP contribution in [0.5, 0.6) is 0 Å². The Balaban J connectivity index is 1.51. The molecular weight excluding hydrogens is 324 g/mol. The predicted octanol–water partition coefficient (Wildman–Crippen LogP) is 2.50. The van der Waals surface area contributed by atoms with Crippen LogP contribution in [0, 0.1) is 6.92 Å². The van der Waals surface area contributed by atoms with Gasteiger partial charge < -0.3 is 9.42 Å². The number of amides is 1. The molecule has 1 fully saturated rings. The van der Waals surface area contributed by atoms with E-state index in [0.717, 1.165) is 43.1 Å². The van der Waals surface area contributed by atoms with Crippen molar-refractivity contribution in [1.82, 2.24) is 19.9 Å². The fourth-order valence-corrected chi connectivity index (χ4v) is 3.90. The van der Waals surface area contributed by atoms with Crippen LogP contribution in [0.3, 0.4) is 0 Å². The molecule has 0 aromatic carbocycles. The smallest absolute Gasteiger partial charge is 0.227 e. The molecule has 1 atom stereocenters. The van der Waals surface area contributed by atoms with Crippen molar-refractivity contribution in [2.45, 2.75) is 45.2 Å². The zero-order valence-electron chi connectivity index (χ0n) is 14.3. The van der Waals surface area contributed by atoms with Crippen LogP contribution in [0.2, 0.25) is 0 Å². The van der Waals surface area contributed by atoms with Gasteiger partial charge in [-0.1, -0.05) is 11.2 Å². The van der Waals surface area contributed by atoms with Crippen LogP contribution in [0.4, 0.5) is 0 Å². The Morgan fingerprint density at radius 3 is 3.04 bits per heavy atom. The van der Waals surface area contributed by atoms with Gasteiger partial charge in [0.05, 0.1) is 13.0 Å². The van der Waals surface area contributed by atoms with E-state index in [2.05, 4.69) is 22.1 Å². The molecule has 3 heterocycles. The molecule has 0 N–H and O–H groups in total. The van der Waals surface area contributed by atoms with Gasteiger partial charge in [-0.15, -0.1) is 11.3 Å². The van der Waals surface area contributed by atoms with E-state index in [1.54, 1.807) is 18.3 Å². The monoisotopic (exact) mass is 348 g/mol. The highest BCUT2D eigenvalue weighted by Gasteiger charge is 2.24. The van der Waals surface area contributed by atoms with Crippen molar-refractivity contribution in [2.24, 2.45) is 0 Å². The largest absolute Gasteiger partial charge is 0.342 e. The molecule has 130 valence electrons. The van der Waals surface area contributed by atoms with Crippen molar-refractivity contribution >= 4 is 17.2 Å². The topological polar surface area (TPSA) is 62.5 Å². The fraction of sp³-hybridized carbons (Fsp3) is 0.588. The quantitative estimate of drug-likeness (QED) is 0.831. The molecular formula is C17H24N4O2S. The van der Waals surface area contributed by atoms with Crippen LogP contribution in [-0.2, 0) is 17.8 Å². The lowest BCUT2D eigenvalue weighted by atomic mass is 10.1. The zero-order valence-corrected chi connectivity index (χ0v) is 15.1. The van der Waals surface area contributed by atoms with Crippen molar-refractivity contribution < 1.29 is 9.32 Å². The van der Waals surface area contributed by atoms with Gasteiger partial charge >= 0.3 is 0 Å². The Kier molecular flexibility index (Phi) is 5.63. The predicted molar refractivity (Wildman–Crippen MR) is 92.7 cm³/mol. The molecule has 0 bridgehead atoms. The van der Waals surface area contributed by atoms with Gasteiger partial charge in [0.2, 0.25) is 11.8 Å². The number of nitrogens with zero attached hydrogens (tertiary/aromatic N) is 4. The van der Waals surface area contributed by atoms with E-state index in [9.17, 15) is 4.79 Å². The van der Waals surface area contributed by atoms with Gasteiger partial charge in [0.25, 0.3) is 0 Å². The van der Waals surface area contributed by atoms with Crippen molar-refractivity contribution in [3.8, 4) is 0 Å². The molecule has 2 aromatic heterocycles. The van der Waals surface area contributed by atoms with E-state index in [1.807, 2.05) is 22.4 Å². The molecule has 1 amide bonds. The van der Waals surface area contributed by atoms with Crippen LogP contribution in [0.1, 0.15) is 35.9 Å². The summed E-state index contributed by atoms with van der Waals surface area (Å²) in [7, 11) is 2.10. The molecule has 24 heavy (non-hydrogen) atoms. The average molecular weight is 348 g/mol. The van der Waals surface area contributed by atoms with Gasteiger partial charge in [0, 0.05) is 30.9 Å². The molecule has 1 aliphatic heterocycles. The molecule has 0 spiro atoms. The maximum Gasteiger partial charge on any atom is 0.227 e. The first-order chi connectivity index (χ1) is 11.6. The second kappa shape index (κ2) is 7.90. The number of carbonyl (C=O) groups excluding carboxylic acids is 1. The average Bonchev–Trinajstić information content (AvgIpc) is 3.12. The van der Waals surface area contributed by atoms with Gasteiger partial charge in [-0.2, -0.15) is 4.98 Å². The number of carbonyl (C=O) groups is 1. The maximum atomic E-state index is 12.5. The van der Waals surface area contributed by atoms with Crippen molar-refractivity contribution in [2.75, 3.05) is 20.1 Å². The summed E-state index contributed by atoms with van der Waals surface area (Å²) in [5.74, 6) is 1.57. The number of rotatable bonds is 5. The number of aromatic nitrogens is 2. The Bertz CT molecular complexity index is 655. The summed E-state index contributed by atoms with van der Waals surface area (Å²) >= 11 is 1.65. The minimum atomic E-state index is 0.245. The Morgan fingerprint density at radius 2 is 2.33 bits per heavy atom. The van der Waals surface area contributed by atoms with E-state index < -0.39 is 0 Å². The number of aryl methyl sites for hydroxylation is 1. The molecule has 0 saturated carbocycles. The molecule has 0 aliphatic carbocycles. The molecule has 3 rings (SSSR count). The first kappa shape index (κ1) is 17.1. The number of hydrogen-bond acceptors (Lipinski definition) is 6. The Morgan fingerprint density at radius 1 is 1.46 bits per heavy atom. The Hall–Kier alpha value is -1.73. The zero-order chi connectivity index (χ0) is 16.9. The van der Waals surface area contributed by atoms with E-state index >= 15 is 0 Å². The van der Waals surface area contributed by atoms with Crippen LogP contribution in [-0.4, -0.2) is 52.0 Å². The van der Waals surface area contributed by atoms with Crippen LogP contribution < -0.4 is 0 Å². The van der Waals surface area contributed by atoms with Crippen LogP contribution in [0.15, 0.2) is 22.0 Å². The first-order valence-corrected chi connectivity index (χ1v) is 9.29. The molecule has 1 aliphatic rings. The summed E-state index contributed by atoms with van der Waals surface area (Å²) in [6.45, 7) is 4.17. The fourth-order valence-electron chi connectivity index (χ4n) is 3.20. The van der Waals surface area contributed by atoms with Gasteiger partial charge in [-0.05, 0) is 37.8 Å². The van der Waals surface area contributed by atoms with Gasteiger partial charge in [0.1, 0.15) is 0 Å². The summed E-state index contributed by atoms with van der Waals surface area (Å²) in [5, 5.41) is 5.99. The standard InChI is InChI=1S/C17H24N4O2S/c1-13-18-16(19-23-13)12-20(2)14-5-3-8-21(9-7-14)17(22)11-15-6-4-10-24-15/h4,6,10,14H,3,5,7-9,11-12H2,1-2H3/t14-/m0/s1. The summed E-state index contributed by atoms with van der Waals surface area (Å²) in [6.07, 6.45) is 3.65. The Labute approximate surface area is 146 Å². The van der Waals surface area contributed by atoms with E-state index in [-0.39, 0.29) is 5.91 Å². The summed E-state index contributed by atoms with van der Waals surface area (Å²) in [6, 6.07) is 4.48. The normalized spacial score (nSPS) is 18.8. The molecule has 7 heteroatoms. The first-order valence-electron chi connectivity index (χ1n) is 8.41. The second-order valence-corrected chi connectivity index (χ2v) is 7.40. The third-order valence-corrected chi connectivity index (χ3v) is 5.42. The number of hydrogen-bond donors (Lipinski definition) is 0. The van der Waals surface area contributed by atoms with E-state index in [1.165, 1.54) is 0 Å². The highest BCUT2D eigenvalue weighted by atomic mass is 32.1. The minimum Gasteiger partial charge on any atom is -0.342 e. The SMILES string of the molecule is Cc1nc(CN(C)[C@H]2CCCN(C(=O)Cc3cccs3)CC2)no1. The summed E-state index contributed by atoms with van der Waals surface area (Å²) in [4.78, 5) is 22.2. The number of thiophene rings is 1. The lowest BCUT2D eigenvalue weighted by molar-refractivity contribution is -0.130. The van der Waals surface area contributed by atoms with Gasteiger partial charge in [-0.25, -0.2) is 0 Å². The molecule has 6 nitrogen and oxygen atoms in total. The second-order valence-electron chi connectivity index (χ2n) is 6.37.